The highest BCUT2D eigenvalue weighted by Gasteiger charge is 2.07. The van der Waals surface area contributed by atoms with E-state index in [-0.39, 0.29) is 18.4 Å². The van der Waals surface area contributed by atoms with E-state index in [9.17, 15) is 9.59 Å². The Bertz CT molecular complexity index is 677. The molecule has 2 N–H and O–H groups in total. The van der Waals surface area contributed by atoms with E-state index in [0.717, 1.165) is 22.3 Å². The Morgan fingerprint density at radius 2 is 1.77 bits per heavy atom. The zero-order valence-corrected chi connectivity index (χ0v) is 12.7. The first-order chi connectivity index (χ1) is 10.5. The normalized spacial score (nSPS) is 11.7. The lowest BCUT2D eigenvalue weighted by atomic mass is 9.99. The van der Waals surface area contributed by atoms with Crippen LogP contribution in [0.3, 0.4) is 0 Å². The van der Waals surface area contributed by atoms with Gasteiger partial charge < -0.3 is 10.4 Å². The first-order valence-electron chi connectivity index (χ1n) is 7.14. The van der Waals surface area contributed by atoms with Crippen molar-refractivity contribution in [3.63, 3.8) is 0 Å². The predicted molar refractivity (Wildman–Crippen MR) is 85.4 cm³/mol. The highest BCUT2D eigenvalue weighted by Crippen LogP contribution is 2.23. The van der Waals surface area contributed by atoms with Gasteiger partial charge in [0.15, 0.2) is 0 Å². The van der Waals surface area contributed by atoms with Crippen molar-refractivity contribution < 1.29 is 14.7 Å². The van der Waals surface area contributed by atoms with Gasteiger partial charge in [0.25, 0.3) is 0 Å². The molecular formula is C18H19NO3. The maximum Gasteiger partial charge on any atom is 0.307 e. The summed E-state index contributed by atoms with van der Waals surface area (Å²) >= 11 is 0. The second-order valence-corrected chi connectivity index (χ2v) is 5.32. The molecule has 0 radical (unpaired) electrons. The van der Waals surface area contributed by atoms with Crippen molar-refractivity contribution in [3.05, 3.63) is 59.7 Å². The first-order valence-corrected chi connectivity index (χ1v) is 7.14. The number of aliphatic carboxylic acids is 1. The van der Waals surface area contributed by atoms with Crippen LogP contribution >= 0.6 is 0 Å². The van der Waals surface area contributed by atoms with Crippen LogP contribution in [0.5, 0.6) is 0 Å². The maximum atomic E-state index is 11.1. The number of benzene rings is 2. The van der Waals surface area contributed by atoms with E-state index in [1.807, 2.05) is 55.5 Å². The van der Waals surface area contributed by atoms with Crippen LogP contribution in [0.25, 0.3) is 11.1 Å². The van der Waals surface area contributed by atoms with Crippen LogP contribution in [-0.4, -0.2) is 17.0 Å². The molecular weight excluding hydrogens is 278 g/mol. The fourth-order valence-corrected chi connectivity index (χ4v) is 2.39. The molecule has 0 aliphatic rings. The van der Waals surface area contributed by atoms with Crippen molar-refractivity contribution in [2.75, 3.05) is 0 Å². The maximum absolute atomic E-state index is 11.1. The summed E-state index contributed by atoms with van der Waals surface area (Å²) in [5, 5.41) is 11.7. The van der Waals surface area contributed by atoms with Crippen molar-refractivity contribution in [2.24, 2.45) is 0 Å². The van der Waals surface area contributed by atoms with E-state index in [1.165, 1.54) is 6.92 Å². The molecule has 0 bridgehead atoms. The Kier molecular flexibility index (Phi) is 4.94. The minimum absolute atomic E-state index is 0.0193. The molecule has 2 rings (SSSR count). The molecule has 0 saturated heterocycles. The lowest BCUT2D eigenvalue weighted by Gasteiger charge is -2.13. The minimum Gasteiger partial charge on any atom is -0.481 e. The third kappa shape index (κ3) is 4.19. The van der Waals surface area contributed by atoms with Crippen molar-refractivity contribution >= 4 is 11.9 Å². The van der Waals surface area contributed by atoms with E-state index in [0.29, 0.717) is 0 Å². The second kappa shape index (κ2) is 6.89. The molecule has 0 saturated carbocycles. The van der Waals surface area contributed by atoms with Crippen LogP contribution in [-0.2, 0) is 16.0 Å². The molecule has 0 aliphatic heterocycles. The fourth-order valence-electron chi connectivity index (χ4n) is 2.39. The van der Waals surface area contributed by atoms with E-state index in [1.54, 1.807) is 0 Å². The van der Waals surface area contributed by atoms with Gasteiger partial charge in [0.1, 0.15) is 0 Å². The molecule has 2 aromatic rings. The van der Waals surface area contributed by atoms with Crippen molar-refractivity contribution in [1.29, 1.82) is 0 Å². The van der Waals surface area contributed by atoms with E-state index in [2.05, 4.69) is 5.32 Å². The number of carbonyl (C=O) groups is 2. The standard InChI is InChI=1S/C18H19NO3/c1-12(19-13(2)20)15-6-8-16(9-7-15)17-5-3-4-14(10-17)11-18(21)22/h3-10,12H,11H2,1-2H3,(H,19,20)(H,21,22). The molecule has 0 heterocycles. The summed E-state index contributed by atoms with van der Waals surface area (Å²) in [6.45, 7) is 3.43. The molecule has 4 heteroatoms. The quantitative estimate of drug-likeness (QED) is 0.890. The molecule has 1 amide bonds. The zero-order valence-electron chi connectivity index (χ0n) is 12.7. The fraction of sp³-hybridized carbons (Fsp3) is 0.222. The topological polar surface area (TPSA) is 66.4 Å². The molecule has 1 unspecified atom stereocenters. The lowest BCUT2D eigenvalue weighted by molar-refractivity contribution is -0.136. The van der Waals surface area contributed by atoms with Gasteiger partial charge in [-0.05, 0) is 29.2 Å². The largest absolute Gasteiger partial charge is 0.481 e. The van der Waals surface area contributed by atoms with Gasteiger partial charge in [0, 0.05) is 6.92 Å². The summed E-state index contributed by atoms with van der Waals surface area (Å²) in [5.74, 6) is -0.894. The van der Waals surface area contributed by atoms with Gasteiger partial charge in [-0.1, -0.05) is 48.5 Å². The van der Waals surface area contributed by atoms with Crippen LogP contribution in [0.15, 0.2) is 48.5 Å². The third-order valence-electron chi connectivity index (χ3n) is 3.45. The molecule has 4 nitrogen and oxygen atoms in total. The minimum atomic E-state index is -0.836. The van der Waals surface area contributed by atoms with E-state index < -0.39 is 5.97 Å². The zero-order chi connectivity index (χ0) is 16.1. The number of carboxylic acids is 1. The van der Waals surface area contributed by atoms with Crippen LogP contribution in [0.2, 0.25) is 0 Å². The second-order valence-electron chi connectivity index (χ2n) is 5.32. The van der Waals surface area contributed by atoms with Gasteiger partial charge in [-0.25, -0.2) is 0 Å². The molecule has 0 spiro atoms. The van der Waals surface area contributed by atoms with E-state index >= 15 is 0 Å². The summed E-state index contributed by atoms with van der Waals surface area (Å²) in [6.07, 6.45) is 0.0193. The number of hydrogen-bond donors (Lipinski definition) is 2. The monoisotopic (exact) mass is 297 g/mol. The highest BCUT2D eigenvalue weighted by atomic mass is 16.4. The predicted octanol–water partition coefficient (Wildman–Crippen LogP) is 3.18. The number of amides is 1. The molecule has 0 aliphatic carbocycles. The van der Waals surface area contributed by atoms with Gasteiger partial charge >= 0.3 is 5.97 Å². The summed E-state index contributed by atoms with van der Waals surface area (Å²) < 4.78 is 0. The molecule has 1 atom stereocenters. The molecule has 2 aromatic carbocycles. The SMILES string of the molecule is CC(=O)NC(C)c1ccc(-c2cccc(CC(=O)O)c2)cc1. The molecule has 22 heavy (non-hydrogen) atoms. The number of nitrogens with one attached hydrogen (secondary N) is 1. The number of rotatable bonds is 5. The number of carbonyl (C=O) groups excluding carboxylic acids is 1. The summed E-state index contributed by atoms with van der Waals surface area (Å²) in [4.78, 5) is 21.9. The lowest BCUT2D eigenvalue weighted by Crippen LogP contribution is -2.23. The first kappa shape index (κ1) is 15.8. The molecule has 114 valence electrons. The van der Waals surface area contributed by atoms with Gasteiger partial charge in [-0.3, -0.25) is 9.59 Å². The Labute approximate surface area is 129 Å². The Balaban J connectivity index is 2.20. The van der Waals surface area contributed by atoms with Gasteiger partial charge in [0.2, 0.25) is 5.91 Å². The van der Waals surface area contributed by atoms with Crippen LogP contribution in [0.4, 0.5) is 0 Å². The summed E-state index contributed by atoms with van der Waals surface area (Å²) in [7, 11) is 0. The highest BCUT2D eigenvalue weighted by molar-refractivity contribution is 5.74. The molecule has 0 aromatic heterocycles. The van der Waals surface area contributed by atoms with Crippen LogP contribution in [0, 0.1) is 0 Å². The average Bonchev–Trinajstić information content (AvgIpc) is 2.46. The number of hydrogen-bond acceptors (Lipinski definition) is 2. The summed E-state index contributed by atoms with van der Waals surface area (Å²) in [5.41, 5.74) is 3.81. The molecule has 0 fully saturated rings. The van der Waals surface area contributed by atoms with Gasteiger partial charge in [-0.2, -0.15) is 0 Å². The van der Waals surface area contributed by atoms with Crippen molar-refractivity contribution in [2.45, 2.75) is 26.3 Å². The Hall–Kier alpha value is -2.62. The number of carboxylic acid groups (broad SMARTS) is 1. The van der Waals surface area contributed by atoms with E-state index in [4.69, 9.17) is 5.11 Å². The Morgan fingerprint density at radius 1 is 1.09 bits per heavy atom. The van der Waals surface area contributed by atoms with Crippen LogP contribution in [0.1, 0.15) is 31.0 Å². The Morgan fingerprint density at radius 3 is 2.36 bits per heavy atom. The van der Waals surface area contributed by atoms with Crippen molar-refractivity contribution in [3.8, 4) is 11.1 Å². The van der Waals surface area contributed by atoms with Gasteiger partial charge in [-0.15, -0.1) is 0 Å². The van der Waals surface area contributed by atoms with Gasteiger partial charge in [0.05, 0.1) is 12.5 Å². The summed E-state index contributed by atoms with van der Waals surface area (Å²) in [6, 6.07) is 15.4. The van der Waals surface area contributed by atoms with Crippen molar-refractivity contribution in [1.82, 2.24) is 5.32 Å². The average molecular weight is 297 g/mol. The third-order valence-corrected chi connectivity index (χ3v) is 3.45. The smallest absolute Gasteiger partial charge is 0.307 e. The van der Waals surface area contributed by atoms with Crippen LogP contribution < -0.4 is 5.32 Å².